The van der Waals surface area contributed by atoms with Crippen LogP contribution in [0.2, 0.25) is 15.1 Å². The number of hydrogen-bond acceptors (Lipinski definition) is 6. The van der Waals surface area contributed by atoms with Gasteiger partial charge in [-0.2, -0.15) is 0 Å². The molecule has 1 saturated heterocycles. The van der Waals surface area contributed by atoms with E-state index < -0.39 is 5.97 Å². The molecule has 1 aliphatic rings. The van der Waals surface area contributed by atoms with Crippen LogP contribution in [0.25, 0.3) is 6.08 Å². The fourth-order valence-electron chi connectivity index (χ4n) is 3.07. The van der Waals surface area contributed by atoms with E-state index in [0.717, 1.165) is 11.8 Å². The second kappa shape index (κ2) is 10.4. The zero-order valence-electron chi connectivity index (χ0n) is 17.4. The van der Waals surface area contributed by atoms with Gasteiger partial charge in [-0.25, -0.2) is 4.79 Å². The molecule has 0 bridgehead atoms. The topological polar surface area (TPSA) is 55.8 Å². The van der Waals surface area contributed by atoms with Crippen molar-refractivity contribution < 1.29 is 19.1 Å². The number of carbonyl (C=O) groups excluding carboxylic acids is 2. The molecular weight excluding hydrogens is 537 g/mol. The SMILES string of the molecule is COc1cc(/C=C2\SC(=S)N(c3ccc(Cl)c(Cl)c3)C2=O)ccc1OC(=O)c1ccc(Cl)cc1. The van der Waals surface area contributed by atoms with Crippen LogP contribution < -0.4 is 14.4 Å². The fourth-order valence-corrected chi connectivity index (χ4v) is 4.79. The minimum Gasteiger partial charge on any atom is -0.493 e. The summed E-state index contributed by atoms with van der Waals surface area (Å²) < 4.78 is 11.2. The number of thiocarbonyl (C=S) groups is 1. The molecular formula is C24H14Cl3NO4S2. The number of anilines is 1. The van der Waals surface area contributed by atoms with Crippen LogP contribution >= 0.6 is 58.8 Å². The first-order valence-corrected chi connectivity index (χ1v) is 12.0. The first-order valence-electron chi connectivity index (χ1n) is 9.65. The monoisotopic (exact) mass is 549 g/mol. The van der Waals surface area contributed by atoms with Gasteiger partial charge in [-0.05, 0) is 66.2 Å². The summed E-state index contributed by atoms with van der Waals surface area (Å²) in [5.74, 6) is -0.269. The number of nitrogens with zero attached hydrogens (tertiary/aromatic N) is 1. The van der Waals surface area contributed by atoms with Gasteiger partial charge in [-0.1, -0.05) is 64.8 Å². The number of methoxy groups -OCH3 is 1. The average Bonchev–Trinajstić information content (AvgIpc) is 3.09. The van der Waals surface area contributed by atoms with Gasteiger partial charge in [0.05, 0.1) is 33.3 Å². The maximum Gasteiger partial charge on any atom is 0.343 e. The van der Waals surface area contributed by atoms with E-state index in [2.05, 4.69) is 0 Å². The molecule has 1 amide bonds. The van der Waals surface area contributed by atoms with Crippen molar-refractivity contribution in [3.63, 3.8) is 0 Å². The van der Waals surface area contributed by atoms with Gasteiger partial charge in [0, 0.05) is 5.02 Å². The van der Waals surface area contributed by atoms with E-state index in [1.807, 2.05) is 0 Å². The highest BCUT2D eigenvalue weighted by Gasteiger charge is 2.33. The van der Waals surface area contributed by atoms with Gasteiger partial charge >= 0.3 is 5.97 Å². The Labute approximate surface area is 220 Å². The first-order chi connectivity index (χ1) is 16.3. The minimum absolute atomic E-state index is 0.239. The number of benzene rings is 3. The third-order valence-corrected chi connectivity index (χ3v) is 7.02. The van der Waals surface area contributed by atoms with Gasteiger partial charge in [0.1, 0.15) is 0 Å². The summed E-state index contributed by atoms with van der Waals surface area (Å²) in [5, 5.41) is 1.23. The molecule has 0 saturated carbocycles. The van der Waals surface area contributed by atoms with Crippen molar-refractivity contribution in [3.8, 4) is 11.5 Å². The number of carbonyl (C=O) groups is 2. The molecule has 5 nitrogen and oxygen atoms in total. The molecule has 0 spiro atoms. The lowest BCUT2D eigenvalue weighted by atomic mass is 10.1. The van der Waals surface area contributed by atoms with Crippen LogP contribution in [0.5, 0.6) is 11.5 Å². The van der Waals surface area contributed by atoms with Crippen molar-refractivity contribution in [2.24, 2.45) is 0 Å². The molecule has 0 aliphatic carbocycles. The molecule has 172 valence electrons. The van der Waals surface area contributed by atoms with E-state index in [-0.39, 0.29) is 11.7 Å². The van der Waals surface area contributed by atoms with Gasteiger partial charge in [-0.3, -0.25) is 9.69 Å². The molecule has 4 rings (SSSR count). The molecule has 3 aromatic rings. The molecule has 34 heavy (non-hydrogen) atoms. The van der Waals surface area contributed by atoms with Crippen LogP contribution in [0.3, 0.4) is 0 Å². The van der Waals surface area contributed by atoms with Crippen molar-refractivity contribution in [3.05, 3.63) is 91.8 Å². The molecule has 0 aromatic heterocycles. The summed E-state index contributed by atoms with van der Waals surface area (Å²) >= 11 is 24.5. The fraction of sp³-hybridized carbons (Fsp3) is 0.0417. The number of amides is 1. The van der Waals surface area contributed by atoms with Crippen LogP contribution in [0, 0.1) is 0 Å². The second-order valence-electron chi connectivity index (χ2n) is 6.92. The first kappa shape index (κ1) is 24.6. The Balaban J connectivity index is 1.56. The molecule has 0 N–H and O–H groups in total. The summed E-state index contributed by atoms with van der Waals surface area (Å²) in [7, 11) is 1.46. The maximum absolute atomic E-state index is 13.0. The van der Waals surface area contributed by atoms with Gasteiger partial charge < -0.3 is 9.47 Å². The van der Waals surface area contributed by atoms with Crippen molar-refractivity contribution in [2.75, 3.05) is 12.0 Å². The summed E-state index contributed by atoms with van der Waals surface area (Å²) in [5.41, 5.74) is 1.54. The third-order valence-electron chi connectivity index (χ3n) is 4.72. The van der Waals surface area contributed by atoms with E-state index in [1.165, 1.54) is 12.0 Å². The lowest BCUT2D eigenvalue weighted by Crippen LogP contribution is -2.27. The number of ether oxygens (including phenoxy) is 2. The molecule has 0 unspecified atom stereocenters. The Morgan fingerprint density at radius 3 is 2.38 bits per heavy atom. The summed E-state index contributed by atoms with van der Waals surface area (Å²) in [6.07, 6.45) is 1.68. The summed E-state index contributed by atoms with van der Waals surface area (Å²) in [6.45, 7) is 0. The smallest absolute Gasteiger partial charge is 0.343 e. The number of hydrogen-bond donors (Lipinski definition) is 0. The van der Waals surface area contributed by atoms with Gasteiger partial charge in [0.2, 0.25) is 0 Å². The van der Waals surface area contributed by atoms with E-state index in [4.69, 9.17) is 56.5 Å². The maximum atomic E-state index is 13.0. The Hall–Kier alpha value is -2.55. The van der Waals surface area contributed by atoms with Crippen LogP contribution in [0.1, 0.15) is 15.9 Å². The highest BCUT2D eigenvalue weighted by atomic mass is 35.5. The number of thioether (sulfide) groups is 1. The molecule has 10 heteroatoms. The zero-order valence-corrected chi connectivity index (χ0v) is 21.3. The second-order valence-corrected chi connectivity index (χ2v) is 9.85. The van der Waals surface area contributed by atoms with E-state index >= 15 is 0 Å². The summed E-state index contributed by atoms with van der Waals surface area (Å²) in [6, 6.07) is 16.2. The number of rotatable bonds is 5. The third kappa shape index (κ3) is 5.24. The normalized spacial score (nSPS) is 14.6. The minimum atomic E-state index is -0.551. The molecule has 1 aliphatic heterocycles. The van der Waals surface area contributed by atoms with E-state index in [1.54, 1.807) is 66.7 Å². The molecule has 0 atom stereocenters. The van der Waals surface area contributed by atoms with Gasteiger partial charge in [0.15, 0.2) is 15.8 Å². The molecule has 1 fully saturated rings. The highest BCUT2D eigenvalue weighted by Crippen LogP contribution is 2.39. The van der Waals surface area contributed by atoms with Gasteiger partial charge in [-0.15, -0.1) is 0 Å². The van der Waals surface area contributed by atoms with Crippen LogP contribution in [0.4, 0.5) is 5.69 Å². The van der Waals surface area contributed by atoms with E-state index in [9.17, 15) is 9.59 Å². The quantitative estimate of drug-likeness (QED) is 0.144. The van der Waals surface area contributed by atoms with Crippen molar-refractivity contribution >= 4 is 86.7 Å². The highest BCUT2D eigenvalue weighted by molar-refractivity contribution is 8.27. The molecule has 0 radical (unpaired) electrons. The van der Waals surface area contributed by atoms with Crippen molar-refractivity contribution in [1.29, 1.82) is 0 Å². The lowest BCUT2D eigenvalue weighted by Gasteiger charge is -2.15. The number of halogens is 3. The average molecular weight is 551 g/mol. The Kier molecular flexibility index (Phi) is 7.50. The predicted molar refractivity (Wildman–Crippen MR) is 142 cm³/mol. The van der Waals surface area contributed by atoms with E-state index in [0.29, 0.717) is 46.9 Å². The zero-order chi connectivity index (χ0) is 24.4. The lowest BCUT2D eigenvalue weighted by molar-refractivity contribution is -0.113. The van der Waals surface area contributed by atoms with Crippen molar-refractivity contribution in [1.82, 2.24) is 0 Å². The van der Waals surface area contributed by atoms with Gasteiger partial charge in [0.25, 0.3) is 5.91 Å². The Bertz CT molecular complexity index is 1340. The molecule has 3 aromatic carbocycles. The Morgan fingerprint density at radius 1 is 0.971 bits per heavy atom. The van der Waals surface area contributed by atoms with Crippen molar-refractivity contribution in [2.45, 2.75) is 0 Å². The van der Waals surface area contributed by atoms with Crippen LogP contribution in [-0.4, -0.2) is 23.3 Å². The van der Waals surface area contributed by atoms with Crippen LogP contribution in [0.15, 0.2) is 65.6 Å². The van der Waals surface area contributed by atoms with Crippen LogP contribution in [-0.2, 0) is 4.79 Å². The standard InChI is InChI=1S/C24H14Cl3NO4S2/c1-31-20-10-13(2-9-19(20)32-23(30)14-3-5-15(25)6-4-14)11-21-22(29)28(24(33)34-21)16-7-8-17(26)18(27)12-16/h2-12H,1H3/b21-11-. The predicted octanol–water partition coefficient (Wildman–Crippen LogP) is 7.28. The largest absolute Gasteiger partial charge is 0.493 e. The number of esters is 1. The molecule has 1 heterocycles. The summed E-state index contributed by atoms with van der Waals surface area (Å²) in [4.78, 5) is 27.3. The Morgan fingerprint density at radius 2 is 1.71 bits per heavy atom.